The van der Waals surface area contributed by atoms with Crippen molar-refractivity contribution in [2.24, 2.45) is 35.5 Å². The second kappa shape index (κ2) is 5.69. The Morgan fingerprint density at radius 3 is 2.73 bits per heavy atom. The highest BCUT2D eigenvalue weighted by Gasteiger charge is 2.58. The molecule has 1 aromatic carbocycles. The standard InChI is InChI=1S/C19H24O3/c20-10-13-6-7-15-14-8-16(18(13)15)17(9-14)19(21)22-11-12-4-2-1-3-5-12/h1-5,13-18,20H,6-11H2. The van der Waals surface area contributed by atoms with Crippen molar-refractivity contribution in [1.29, 1.82) is 0 Å². The SMILES string of the molecule is O=C(OCc1ccccc1)C1CC2CC1C1C(CO)CCC21. The maximum Gasteiger partial charge on any atom is 0.309 e. The molecule has 3 nitrogen and oxygen atoms in total. The Morgan fingerprint density at radius 2 is 1.95 bits per heavy atom. The van der Waals surface area contributed by atoms with Crippen LogP contribution in [-0.2, 0) is 16.1 Å². The highest BCUT2D eigenvalue weighted by atomic mass is 16.5. The minimum Gasteiger partial charge on any atom is -0.461 e. The van der Waals surface area contributed by atoms with Crippen molar-refractivity contribution in [3.63, 3.8) is 0 Å². The Kier molecular flexibility index (Phi) is 3.69. The monoisotopic (exact) mass is 300 g/mol. The van der Waals surface area contributed by atoms with E-state index in [2.05, 4.69) is 0 Å². The van der Waals surface area contributed by atoms with Gasteiger partial charge in [0.2, 0.25) is 0 Å². The quantitative estimate of drug-likeness (QED) is 0.870. The zero-order valence-electron chi connectivity index (χ0n) is 12.9. The molecule has 6 unspecified atom stereocenters. The maximum absolute atomic E-state index is 12.5. The minimum atomic E-state index is -0.0154. The number of benzene rings is 1. The van der Waals surface area contributed by atoms with Gasteiger partial charge in [0.1, 0.15) is 6.61 Å². The number of aliphatic hydroxyl groups is 1. The van der Waals surface area contributed by atoms with Gasteiger partial charge in [-0.2, -0.15) is 0 Å². The van der Waals surface area contributed by atoms with Crippen LogP contribution in [0, 0.1) is 35.5 Å². The van der Waals surface area contributed by atoms with Crippen LogP contribution in [0.3, 0.4) is 0 Å². The summed E-state index contributed by atoms with van der Waals surface area (Å²) in [6, 6.07) is 9.88. The maximum atomic E-state index is 12.5. The van der Waals surface area contributed by atoms with Gasteiger partial charge in [-0.1, -0.05) is 30.3 Å². The van der Waals surface area contributed by atoms with Crippen molar-refractivity contribution < 1.29 is 14.6 Å². The number of esters is 1. The molecule has 0 heterocycles. The molecule has 1 N–H and O–H groups in total. The number of carbonyl (C=O) groups is 1. The lowest BCUT2D eigenvalue weighted by Crippen LogP contribution is -2.34. The molecule has 4 rings (SSSR count). The number of aliphatic hydroxyl groups excluding tert-OH is 1. The van der Waals surface area contributed by atoms with E-state index in [-0.39, 0.29) is 18.5 Å². The number of fused-ring (bicyclic) bond motifs is 5. The van der Waals surface area contributed by atoms with Crippen molar-refractivity contribution in [1.82, 2.24) is 0 Å². The van der Waals surface area contributed by atoms with E-state index in [9.17, 15) is 9.90 Å². The summed E-state index contributed by atoms with van der Waals surface area (Å²) in [4.78, 5) is 12.5. The van der Waals surface area contributed by atoms with E-state index in [1.165, 1.54) is 12.8 Å². The van der Waals surface area contributed by atoms with E-state index in [4.69, 9.17) is 4.74 Å². The fourth-order valence-electron chi connectivity index (χ4n) is 5.56. The molecular formula is C19H24O3. The molecule has 0 amide bonds. The lowest BCUT2D eigenvalue weighted by molar-refractivity contribution is -0.153. The Balaban J connectivity index is 1.40. The van der Waals surface area contributed by atoms with Gasteiger partial charge in [0.25, 0.3) is 0 Å². The Labute approximate surface area is 131 Å². The zero-order valence-corrected chi connectivity index (χ0v) is 12.9. The molecule has 0 saturated heterocycles. The summed E-state index contributed by atoms with van der Waals surface area (Å²) in [5.41, 5.74) is 1.05. The van der Waals surface area contributed by atoms with Gasteiger partial charge in [0.15, 0.2) is 0 Å². The van der Waals surface area contributed by atoms with Crippen LogP contribution in [-0.4, -0.2) is 17.7 Å². The van der Waals surface area contributed by atoms with Crippen molar-refractivity contribution in [2.45, 2.75) is 32.3 Å². The molecule has 0 radical (unpaired) electrons. The Hall–Kier alpha value is -1.35. The molecule has 0 aromatic heterocycles. The first kappa shape index (κ1) is 14.3. The second-order valence-electron chi connectivity index (χ2n) is 7.36. The first-order chi connectivity index (χ1) is 10.8. The normalized spacial score (nSPS) is 39.0. The van der Waals surface area contributed by atoms with Gasteiger partial charge in [-0.15, -0.1) is 0 Å². The van der Waals surface area contributed by atoms with Gasteiger partial charge in [0.05, 0.1) is 5.92 Å². The lowest BCUT2D eigenvalue weighted by Gasteiger charge is -2.33. The fraction of sp³-hybridized carbons (Fsp3) is 0.632. The van der Waals surface area contributed by atoms with Crippen LogP contribution in [0.2, 0.25) is 0 Å². The largest absolute Gasteiger partial charge is 0.461 e. The van der Waals surface area contributed by atoms with E-state index < -0.39 is 0 Å². The van der Waals surface area contributed by atoms with E-state index in [0.717, 1.165) is 24.3 Å². The average molecular weight is 300 g/mol. The Morgan fingerprint density at radius 1 is 1.14 bits per heavy atom. The highest BCUT2D eigenvalue weighted by Crippen LogP contribution is 2.62. The molecule has 3 aliphatic rings. The number of hydrogen-bond acceptors (Lipinski definition) is 3. The molecule has 3 fully saturated rings. The predicted octanol–water partition coefficient (Wildman–Crippen LogP) is 3.02. The van der Waals surface area contributed by atoms with Crippen LogP contribution in [0.1, 0.15) is 31.2 Å². The van der Waals surface area contributed by atoms with Crippen molar-refractivity contribution in [2.75, 3.05) is 6.61 Å². The van der Waals surface area contributed by atoms with Gasteiger partial charge in [-0.05, 0) is 60.8 Å². The smallest absolute Gasteiger partial charge is 0.309 e. The van der Waals surface area contributed by atoms with Crippen LogP contribution in [0.25, 0.3) is 0 Å². The van der Waals surface area contributed by atoms with Gasteiger partial charge in [0, 0.05) is 6.61 Å². The average Bonchev–Trinajstić information content (AvgIpc) is 3.24. The first-order valence-electron chi connectivity index (χ1n) is 8.59. The molecule has 22 heavy (non-hydrogen) atoms. The summed E-state index contributed by atoms with van der Waals surface area (Å²) in [5.74, 6) is 2.96. The molecule has 2 bridgehead atoms. The van der Waals surface area contributed by atoms with Crippen molar-refractivity contribution in [3.8, 4) is 0 Å². The molecule has 3 aliphatic carbocycles. The van der Waals surface area contributed by atoms with Gasteiger partial charge in [-0.25, -0.2) is 0 Å². The number of ether oxygens (including phenoxy) is 1. The molecule has 3 heteroatoms. The molecule has 3 saturated carbocycles. The van der Waals surface area contributed by atoms with E-state index >= 15 is 0 Å². The number of carbonyl (C=O) groups excluding carboxylic acids is 1. The van der Waals surface area contributed by atoms with Crippen LogP contribution in [0.5, 0.6) is 0 Å². The molecule has 0 aliphatic heterocycles. The van der Waals surface area contributed by atoms with E-state index in [1.54, 1.807) is 0 Å². The molecule has 1 aromatic rings. The second-order valence-corrected chi connectivity index (χ2v) is 7.36. The third-order valence-corrected chi connectivity index (χ3v) is 6.42. The third-order valence-electron chi connectivity index (χ3n) is 6.42. The summed E-state index contributed by atoms with van der Waals surface area (Å²) >= 11 is 0. The summed E-state index contributed by atoms with van der Waals surface area (Å²) in [5, 5.41) is 9.60. The topological polar surface area (TPSA) is 46.5 Å². The lowest BCUT2D eigenvalue weighted by atomic mass is 9.73. The van der Waals surface area contributed by atoms with Gasteiger partial charge in [-0.3, -0.25) is 4.79 Å². The van der Waals surface area contributed by atoms with Gasteiger partial charge >= 0.3 is 5.97 Å². The summed E-state index contributed by atoms with van der Waals surface area (Å²) in [7, 11) is 0. The van der Waals surface area contributed by atoms with Crippen molar-refractivity contribution >= 4 is 5.97 Å². The third kappa shape index (κ3) is 2.26. The Bertz CT molecular complexity index is 541. The minimum absolute atomic E-state index is 0.0154. The molecule has 118 valence electrons. The molecule has 6 atom stereocenters. The van der Waals surface area contributed by atoms with E-state index in [0.29, 0.717) is 30.3 Å². The van der Waals surface area contributed by atoms with Crippen molar-refractivity contribution in [3.05, 3.63) is 35.9 Å². The fourth-order valence-corrected chi connectivity index (χ4v) is 5.56. The molecule has 0 spiro atoms. The van der Waals surface area contributed by atoms with E-state index in [1.807, 2.05) is 30.3 Å². The summed E-state index contributed by atoms with van der Waals surface area (Å²) in [6.45, 7) is 0.668. The summed E-state index contributed by atoms with van der Waals surface area (Å²) in [6.07, 6.45) is 4.59. The first-order valence-corrected chi connectivity index (χ1v) is 8.59. The van der Waals surface area contributed by atoms with Gasteiger partial charge < -0.3 is 9.84 Å². The highest BCUT2D eigenvalue weighted by molar-refractivity contribution is 5.73. The number of hydrogen-bond donors (Lipinski definition) is 1. The van der Waals surface area contributed by atoms with Crippen LogP contribution >= 0.6 is 0 Å². The summed E-state index contributed by atoms with van der Waals surface area (Å²) < 4.78 is 5.58. The van der Waals surface area contributed by atoms with Crippen LogP contribution in [0.4, 0.5) is 0 Å². The van der Waals surface area contributed by atoms with Crippen LogP contribution in [0.15, 0.2) is 30.3 Å². The zero-order chi connectivity index (χ0) is 15.1. The number of rotatable bonds is 4. The predicted molar refractivity (Wildman–Crippen MR) is 82.7 cm³/mol. The van der Waals surface area contributed by atoms with Crippen LogP contribution < -0.4 is 0 Å². The molecular weight excluding hydrogens is 276 g/mol.